The fraction of sp³-hybridized carbons (Fsp3) is 0.905. The molecule has 0 radical (unpaired) electrons. The highest BCUT2D eigenvalue weighted by Gasteiger charge is 2.04. The highest BCUT2D eigenvalue weighted by atomic mass is 16.5. The lowest BCUT2D eigenvalue weighted by atomic mass is 9.95. The van der Waals surface area contributed by atoms with E-state index in [9.17, 15) is 9.59 Å². The van der Waals surface area contributed by atoms with E-state index in [0.29, 0.717) is 19.6 Å². The van der Waals surface area contributed by atoms with Crippen molar-refractivity contribution >= 4 is 12.1 Å². The molecule has 0 fully saturated rings. The summed E-state index contributed by atoms with van der Waals surface area (Å²) in [6, 6.07) is 0. The first-order valence-electron chi connectivity index (χ1n) is 10.7. The molecule has 0 aliphatic carbocycles. The van der Waals surface area contributed by atoms with E-state index in [4.69, 9.17) is 9.84 Å². The lowest BCUT2D eigenvalue weighted by molar-refractivity contribution is -0.143. The van der Waals surface area contributed by atoms with Crippen LogP contribution in [-0.2, 0) is 9.53 Å². The molecule has 0 atom stereocenters. The molecule has 0 saturated heterocycles. The van der Waals surface area contributed by atoms with E-state index in [-0.39, 0.29) is 5.97 Å². The number of unbranched alkanes of at least 4 members (excludes halogenated alkanes) is 8. The number of esters is 1. The van der Waals surface area contributed by atoms with Gasteiger partial charge in [-0.25, -0.2) is 4.79 Å². The summed E-state index contributed by atoms with van der Waals surface area (Å²) in [5.41, 5.74) is 0. The molecule has 0 aliphatic rings. The minimum absolute atomic E-state index is 0.127. The summed E-state index contributed by atoms with van der Waals surface area (Å²) >= 11 is 0. The van der Waals surface area contributed by atoms with Gasteiger partial charge in [-0.15, -0.1) is 0 Å². The number of hydrogen-bond acceptors (Lipinski definition) is 3. The van der Waals surface area contributed by atoms with Gasteiger partial charge >= 0.3 is 12.1 Å². The van der Waals surface area contributed by atoms with Crippen molar-refractivity contribution in [1.82, 2.24) is 5.32 Å². The van der Waals surface area contributed by atoms with Crippen molar-refractivity contribution in [3.05, 3.63) is 0 Å². The topological polar surface area (TPSA) is 75.6 Å². The summed E-state index contributed by atoms with van der Waals surface area (Å²) in [6.45, 7) is 5.57. The second-order valence-electron chi connectivity index (χ2n) is 7.21. The number of rotatable bonds is 18. The molecule has 5 heteroatoms. The van der Waals surface area contributed by atoms with Gasteiger partial charge in [-0.05, 0) is 25.2 Å². The number of carbonyl (C=O) groups excluding carboxylic acids is 1. The second-order valence-corrected chi connectivity index (χ2v) is 7.21. The molecule has 0 aromatic heterocycles. The standard InChI is InChI=1S/C21H41NO4/c1-3-19(4-2)15-11-8-6-5-7-9-14-18-26-20(23)16-12-10-13-17-22-21(24)25/h19,22H,3-18H2,1-2H3,(H,24,25). The number of hydrogen-bond donors (Lipinski definition) is 2. The smallest absolute Gasteiger partial charge is 0.404 e. The maximum Gasteiger partial charge on any atom is 0.404 e. The van der Waals surface area contributed by atoms with Gasteiger partial charge in [0, 0.05) is 13.0 Å². The molecule has 0 heterocycles. The minimum atomic E-state index is -0.994. The Morgan fingerprint density at radius 3 is 2.04 bits per heavy atom. The third-order valence-electron chi connectivity index (χ3n) is 5.01. The summed E-state index contributed by atoms with van der Waals surface area (Å²) < 4.78 is 5.23. The number of ether oxygens (including phenoxy) is 1. The molecule has 5 nitrogen and oxygen atoms in total. The van der Waals surface area contributed by atoms with Gasteiger partial charge in [0.1, 0.15) is 0 Å². The Bertz CT molecular complexity index is 343. The zero-order valence-corrected chi connectivity index (χ0v) is 17.1. The van der Waals surface area contributed by atoms with Gasteiger partial charge in [0.25, 0.3) is 0 Å². The summed E-state index contributed by atoms with van der Waals surface area (Å²) in [4.78, 5) is 21.8. The molecule has 26 heavy (non-hydrogen) atoms. The number of nitrogens with one attached hydrogen (secondary N) is 1. The molecule has 0 aromatic rings. The van der Waals surface area contributed by atoms with Crippen LogP contribution in [0.4, 0.5) is 4.79 Å². The van der Waals surface area contributed by atoms with Gasteiger partial charge in [-0.1, -0.05) is 78.1 Å². The van der Waals surface area contributed by atoms with Crippen LogP contribution in [0, 0.1) is 5.92 Å². The van der Waals surface area contributed by atoms with Crippen molar-refractivity contribution in [1.29, 1.82) is 0 Å². The SMILES string of the molecule is CCC(CC)CCCCCCCCCOC(=O)CCCCCNC(=O)O. The molecule has 0 aliphatic heterocycles. The van der Waals surface area contributed by atoms with Crippen LogP contribution in [0.1, 0.15) is 104 Å². The Hall–Kier alpha value is -1.26. The Morgan fingerprint density at radius 2 is 1.42 bits per heavy atom. The lowest BCUT2D eigenvalue weighted by Gasteiger charge is -2.11. The molecular formula is C21H41NO4. The maximum atomic E-state index is 11.6. The molecule has 0 rings (SSSR count). The van der Waals surface area contributed by atoms with Gasteiger partial charge in [-0.2, -0.15) is 0 Å². The maximum absolute atomic E-state index is 11.6. The monoisotopic (exact) mass is 371 g/mol. The van der Waals surface area contributed by atoms with Crippen LogP contribution in [0.3, 0.4) is 0 Å². The van der Waals surface area contributed by atoms with E-state index >= 15 is 0 Å². The second kappa shape index (κ2) is 18.5. The number of carbonyl (C=O) groups is 2. The zero-order valence-electron chi connectivity index (χ0n) is 17.1. The molecule has 154 valence electrons. The lowest BCUT2D eigenvalue weighted by Crippen LogP contribution is -2.21. The van der Waals surface area contributed by atoms with Crippen molar-refractivity contribution in [2.24, 2.45) is 5.92 Å². The van der Waals surface area contributed by atoms with Crippen LogP contribution in [0.15, 0.2) is 0 Å². The molecular weight excluding hydrogens is 330 g/mol. The van der Waals surface area contributed by atoms with Crippen LogP contribution >= 0.6 is 0 Å². The molecule has 0 aromatic carbocycles. The van der Waals surface area contributed by atoms with E-state index in [1.165, 1.54) is 51.4 Å². The predicted molar refractivity (Wildman–Crippen MR) is 106 cm³/mol. The Labute approximate surface area is 160 Å². The van der Waals surface area contributed by atoms with Crippen molar-refractivity contribution in [3.63, 3.8) is 0 Å². The van der Waals surface area contributed by atoms with E-state index < -0.39 is 6.09 Å². The number of amides is 1. The third-order valence-corrected chi connectivity index (χ3v) is 5.01. The van der Waals surface area contributed by atoms with E-state index in [0.717, 1.165) is 38.0 Å². The highest BCUT2D eigenvalue weighted by Crippen LogP contribution is 2.17. The fourth-order valence-corrected chi connectivity index (χ4v) is 3.14. The first-order valence-corrected chi connectivity index (χ1v) is 10.7. The van der Waals surface area contributed by atoms with Crippen LogP contribution in [0.2, 0.25) is 0 Å². The molecule has 0 saturated carbocycles. The zero-order chi connectivity index (χ0) is 19.5. The van der Waals surface area contributed by atoms with Crippen LogP contribution < -0.4 is 5.32 Å². The first-order chi connectivity index (χ1) is 12.6. The quantitative estimate of drug-likeness (QED) is 0.232. The first kappa shape index (κ1) is 24.7. The molecule has 0 unspecified atom stereocenters. The van der Waals surface area contributed by atoms with Gasteiger partial charge in [0.2, 0.25) is 0 Å². The average molecular weight is 372 g/mol. The average Bonchev–Trinajstić information content (AvgIpc) is 2.62. The van der Waals surface area contributed by atoms with Crippen molar-refractivity contribution in [2.45, 2.75) is 104 Å². The van der Waals surface area contributed by atoms with Crippen molar-refractivity contribution < 1.29 is 19.4 Å². The van der Waals surface area contributed by atoms with Crippen LogP contribution in [0.5, 0.6) is 0 Å². The Balaban J connectivity index is 3.24. The summed E-state index contributed by atoms with van der Waals surface area (Å²) in [5.74, 6) is 0.795. The summed E-state index contributed by atoms with van der Waals surface area (Å²) in [7, 11) is 0. The van der Waals surface area contributed by atoms with Gasteiger partial charge in [0.05, 0.1) is 6.61 Å². The molecule has 0 spiro atoms. The molecule has 1 amide bonds. The van der Waals surface area contributed by atoms with Crippen LogP contribution in [-0.4, -0.2) is 30.3 Å². The number of carboxylic acid groups (broad SMARTS) is 1. The minimum Gasteiger partial charge on any atom is -0.466 e. The van der Waals surface area contributed by atoms with Crippen molar-refractivity contribution in [2.75, 3.05) is 13.2 Å². The van der Waals surface area contributed by atoms with Gasteiger partial charge in [-0.3, -0.25) is 4.79 Å². The molecule has 2 N–H and O–H groups in total. The summed E-state index contributed by atoms with van der Waals surface area (Å²) in [6.07, 6.45) is 14.5. The fourth-order valence-electron chi connectivity index (χ4n) is 3.14. The normalized spacial score (nSPS) is 10.9. The molecule has 0 bridgehead atoms. The largest absolute Gasteiger partial charge is 0.466 e. The summed E-state index contributed by atoms with van der Waals surface area (Å²) in [5, 5.41) is 10.7. The van der Waals surface area contributed by atoms with E-state index in [2.05, 4.69) is 19.2 Å². The van der Waals surface area contributed by atoms with Gasteiger partial charge < -0.3 is 15.2 Å². The third kappa shape index (κ3) is 17.6. The van der Waals surface area contributed by atoms with Gasteiger partial charge in [0.15, 0.2) is 0 Å². The predicted octanol–water partition coefficient (Wildman–Crippen LogP) is 5.91. The van der Waals surface area contributed by atoms with Crippen LogP contribution in [0.25, 0.3) is 0 Å². The Kier molecular flexibility index (Phi) is 17.6. The van der Waals surface area contributed by atoms with E-state index in [1.807, 2.05) is 0 Å². The van der Waals surface area contributed by atoms with Crippen molar-refractivity contribution in [3.8, 4) is 0 Å². The Morgan fingerprint density at radius 1 is 0.846 bits per heavy atom. The van der Waals surface area contributed by atoms with E-state index in [1.54, 1.807) is 0 Å². The highest BCUT2D eigenvalue weighted by molar-refractivity contribution is 5.69.